The van der Waals surface area contributed by atoms with Crippen LogP contribution in [-0.4, -0.2) is 112 Å². The van der Waals surface area contributed by atoms with E-state index in [1.807, 2.05) is 48.4 Å². The second-order valence-electron chi connectivity index (χ2n) is 14.4. The number of rotatable bonds is 2. The van der Waals surface area contributed by atoms with Gasteiger partial charge in [0.15, 0.2) is 0 Å². The number of pyridine rings is 1. The van der Waals surface area contributed by atoms with Gasteiger partial charge in [0, 0.05) is 70.0 Å². The van der Waals surface area contributed by atoms with Gasteiger partial charge in [-0.25, -0.2) is 23.8 Å². The molecular formula is C41H49F2N9O4. The molecule has 2 amide bonds. The summed E-state index contributed by atoms with van der Waals surface area (Å²) in [6, 6.07) is 11.2. The first-order chi connectivity index (χ1) is 27.1. The molecule has 296 valence electrons. The van der Waals surface area contributed by atoms with Crippen molar-refractivity contribution in [3.05, 3.63) is 78.1 Å². The van der Waals surface area contributed by atoms with E-state index in [4.69, 9.17) is 19.6 Å². The van der Waals surface area contributed by atoms with Crippen molar-refractivity contribution in [2.45, 2.75) is 77.2 Å². The van der Waals surface area contributed by atoms with Crippen LogP contribution in [0.25, 0.3) is 22.3 Å². The summed E-state index contributed by atoms with van der Waals surface area (Å²) in [5, 5.41) is 11.3. The quantitative estimate of drug-likeness (QED) is 0.270. The highest BCUT2D eigenvalue weighted by Gasteiger charge is 2.44. The summed E-state index contributed by atoms with van der Waals surface area (Å²) in [7, 11) is 3.37. The minimum Gasteiger partial charge on any atom is -0.491 e. The van der Waals surface area contributed by atoms with E-state index in [0.717, 1.165) is 5.52 Å². The molecule has 4 unspecified atom stereocenters. The number of halogens is 2. The lowest BCUT2D eigenvalue weighted by Crippen LogP contribution is -2.54. The van der Waals surface area contributed by atoms with Crippen LogP contribution in [0.5, 0.6) is 5.75 Å². The van der Waals surface area contributed by atoms with Crippen LogP contribution in [0.2, 0.25) is 0 Å². The van der Waals surface area contributed by atoms with E-state index in [0.29, 0.717) is 90.9 Å². The van der Waals surface area contributed by atoms with Gasteiger partial charge in [-0.05, 0) is 62.1 Å². The molecule has 2 aromatic carbocycles. The first-order valence-corrected chi connectivity index (χ1v) is 19.3. The molecule has 1 saturated heterocycles. The van der Waals surface area contributed by atoms with Gasteiger partial charge < -0.3 is 24.3 Å². The fraction of sp³-hybridized carbons (Fsp3) is 0.439. The molecule has 0 spiro atoms. The average Bonchev–Trinajstić information content (AvgIpc) is 3.76. The van der Waals surface area contributed by atoms with Gasteiger partial charge in [-0.3, -0.25) is 14.5 Å². The number of methoxy groups -OCH3 is 1. The number of fused-ring (bicyclic) bond motifs is 8. The zero-order valence-corrected chi connectivity index (χ0v) is 32.5. The van der Waals surface area contributed by atoms with Crippen LogP contribution in [0.4, 0.5) is 20.3 Å². The summed E-state index contributed by atoms with van der Waals surface area (Å²) in [4.78, 5) is 42.2. The molecule has 4 atom stereocenters. The Morgan fingerprint density at radius 1 is 0.982 bits per heavy atom. The predicted molar refractivity (Wildman–Crippen MR) is 211 cm³/mol. The SMILES string of the molecule is C=C1/C=N\N2c3ccc(F)cc3OCCCCN2C(=O)CC1N1CC2CC1C(=O)N(C)CC(OC)Cn1c(C)nc3cc(F)cc(c31)-c1cccc(n1)N2.CC. The monoisotopic (exact) mass is 769 g/mol. The molecular weight excluding hydrogens is 721 g/mol. The Bertz CT molecular complexity index is 2160. The molecule has 4 aliphatic rings. The van der Waals surface area contributed by atoms with Gasteiger partial charge in [0.05, 0.1) is 48.2 Å². The minimum absolute atomic E-state index is 0.0334. The average molecular weight is 770 g/mol. The van der Waals surface area contributed by atoms with Crippen molar-refractivity contribution in [2.75, 3.05) is 50.8 Å². The fourth-order valence-electron chi connectivity index (χ4n) is 8.10. The molecule has 0 radical (unpaired) electrons. The number of aryl methyl sites for hydroxylation is 1. The summed E-state index contributed by atoms with van der Waals surface area (Å²) in [5.41, 5.74) is 3.43. The molecule has 4 bridgehead atoms. The maximum absolute atomic E-state index is 15.0. The second-order valence-corrected chi connectivity index (χ2v) is 14.4. The lowest BCUT2D eigenvalue weighted by molar-refractivity contribution is -0.139. The maximum Gasteiger partial charge on any atom is 0.244 e. The van der Waals surface area contributed by atoms with Crippen molar-refractivity contribution in [1.29, 1.82) is 0 Å². The van der Waals surface area contributed by atoms with Crippen LogP contribution in [0, 0.1) is 18.6 Å². The molecule has 2 aromatic heterocycles. The standard InChI is InChI=1S/C39H43F2N9O4.C2H6/c1-23-19-42-50-32-11-10-25(40)16-35(32)54-13-6-5-12-49(50)37(51)18-33(23)48-20-27-17-34(48)39(52)46(3)21-28(53-4)22-47-24(2)43-31-15-26(41)14-29(38(31)47)30-8-7-9-36(44-27)45-30;1-2/h7-11,14-16,19,27-28,33-34H,1,5-6,12-13,17-18,20-22H2,2-4H3,(H,44,45);1-2H3/b42-19-;. The molecule has 4 aliphatic heterocycles. The van der Waals surface area contributed by atoms with Gasteiger partial charge in [-0.2, -0.15) is 10.2 Å². The number of amides is 2. The van der Waals surface area contributed by atoms with E-state index in [2.05, 4.69) is 16.9 Å². The van der Waals surface area contributed by atoms with Crippen LogP contribution in [-0.2, 0) is 20.9 Å². The number of anilines is 2. The first-order valence-electron chi connectivity index (χ1n) is 19.3. The van der Waals surface area contributed by atoms with Gasteiger partial charge in [-0.1, -0.05) is 26.5 Å². The predicted octanol–water partition coefficient (Wildman–Crippen LogP) is 5.79. The van der Waals surface area contributed by atoms with Crippen LogP contribution in [0.3, 0.4) is 0 Å². The van der Waals surface area contributed by atoms with E-state index in [1.165, 1.54) is 29.4 Å². The first kappa shape index (κ1) is 38.8. The maximum atomic E-state index is 15.0. The van der Waals surface area contributed by atoms with E-state index in [1.54, 1.807) is 36.3 Å². The summed E-state index contributed by atoms with van der Waals surface area (Å²) in [6.07, 6.45) is 2.97. The highest BCUT2D eigenvalue weighted by atomic mass is 19.1. The van der Waals surface area contributed by atoms with Gasteiger partial charge in [-0.15, -0.1) is 0 Å². The van der Waals surface area contributed by atoms with Crippen molar-refractivity contribution in [3.8, 4) is 17.0 Å². The van der Waals surface area contributed by atoms with E-state index in [9.17, 15) is 14.0 Å². The number of benzene rings is 2. The summed E-state index contributed by atoms with van der Waals surface area (Å²) >= 11 is 0. The van der Waals surface area contributed by atoms with Crippen LogP contribution in [0.15, 0.2) is 65.8 Å². The number of hydrogen-bond acceptors (Lipinski definition) is 10. The number of nitrogens with one attached hydrogen (secondary N) is 1. The highest BCUT2D eigenvalue weighted by Crippen LogP contribution is 2.36. The van der Waals surface area contributed by atoms with Crippen LogP contribution in [0.1, 0.15) is 45.4 Å². The number of likely N-dealkylation sites (N-methyl/N-ethyl adjacent to an activating group) is 1. The number of aromatic nitrogens is 3. The Kier molecular flexibility index (Phi) is 11.4. The lowest BCUT2D eigenvalue weighted by atomic mass is 10.0. The molecule has 4 aromatic rings. The number of hydrazine groups is 1. The minimum atomic E-state index is -0.614. The third kappa shape index (κ3) is 7.57. The largest absolute Gasteiger partial charge is 0.491 e. The Balaban J connectivity index is 0.00000237. The van der Waals surface area contributed by atoms with Gasteiger partial charge in [0.2, 0.25) is 11.8 Å². The number of hydrogen-bond donors (Lipinski definition) is 1. The van der Waals surface area contributed by atoms with Crippen molar-refractivity contribution in [3.63, 3.8) is 0 Å². The number of hydrazone groups is 1. The fourth-order valence-corrected chi connectivity index (χ4v) is 8.10. The van der Waals surface area contributed by atoms with Crippen molar-refractivity contribution >= 4 is 40.6 Å². The number of carbonyl (C=O) groups excluding carboxylic acids is 2. The number of carbonyl (C=O) groups is 2. The van der Waals surface area contributed by atoms with E-state index in [-0.39, 0.29) is 30.8 Å². The summed E-state index contributed by atoms with van der Waals surface area (Å²) < 4.78 is 43.1. The smallest absolute Gasteiger partial charge is 0.244 e. The van der Waals surface area contributed by atoms with E-state index < -0.39 is 29.8 Å². The molecule has 15 heteroatoms. The summed E-state index contributed by atoms with van der Waals surface area (Å²) in [5.74, 6) is 0.351. The molecule has 6 heterocycles. The molecule has 13 nitrogen and oxygen atoms in total. The third-order valence-electron chi connectivity index (χ3n) is 10.8. The Morgan fingerprint density at radius 3 is 2.61 bits per heavy atom. The normalized spacial score (nSPS) is 23.8. The van der Waals surface area contributed by atoms with Crippen molar-refractivity contribution < 1.29 is 27.8 Å². The number of likely N-dealkylation sites (tertiary alicyclic amines) is 1. The Labute approximate surface area is 325 Å². The number of ether oxygens (including phenoxy) is 2. The molecule has 0 aliphatic carbocycles. The molecule has 56 heavy (non-hydrogen) atoms. The van der Waals surface area contributed by atoms with Gasteiger partial charge in [0.25, 0.3) is 0 Å². The van der Waals surface area contributed by atoms with Crippen LogP contribution < -0.4 is 15.2 Å². The van der Waals surface area contributed by atoms with Crippen LogP contribution >= 0.6 is 0 Å². The number of imidazole rings is 1. The number of nitrogens with zero attached hydrogens (tertiary/aromatic N) is 8. The third-order valence-corrected chi connectivity index (χ3v) is 10.8. The molecule has 1 N–H and O–H groups in total. The van der Waals surface area contributed by atoms with Crippen molar-refractivity contribution in [2.24, 2.45) is 5.10 Å². The topological polar surface area (TPSA) is 121 Å². The second kappa shape index (κ2) is 16.4. The molecule has 0 saturated carbocycles. The summed E-state index contributed by atoms with van der Waals surface area (Å²) in [6.45, 7) is 12.0. The van der Waals surface area contributed by atoms with E-state index >= 15 is 4.39 Å². The van der Waals surface area contributed by atoms with Gasteiger partial charge >= 0.3 is 0 Å². The Hall–Kier alpha value is -5.41. The zero-order valence-electron chi connectivity index (χ0n) is 32.5. The highest BCUT2D eigenvalue weighted by molar-refractivity contribution is 5.92. The Morgan fingerprint density at radius 2 is 1.80 bits per heavy atom. The molecule has 8 rings (SSSR count). The molecule has 1 fully saturated rings. The van der Waals surface area contributed by atoms with Crippen molar-refractivity contribution in [1.82, 2.24) is 29.3 Å². The lowest BCUT2D eigenvalue weighted by Gasteiger charge is -2.39. The zero-order chi connectivity index (χ0) is 39.7. The van der Waals surface area contributed by atoms with Gasteiger partial charge in [0.1, 0.15) is 34.7 Å².